The predicted octanol–water partition coefficient (Wildman–Crippen LogP) is 2.21. The molecule has 0 unspecified atom stereocenters. The highest BCUT2D eigenvalue weighted by atomic mass is 32.1. The van der Waals surface area contributed by atoms with E-state index in [9.17, 15) is 9.59 Å². The van der Waals surface area contributed by atoms with Crippen molar-refractivity contribution < 1.29 is 9.59 Å². The third-order valence-electron chi connectivity index (χ3n) is 2.63. The second-order valence-electron chi connectivity index (χ2n) is 4.23. The summed E-state index contributed by atoms with van der Waals surface area (Å²) in [7, 11) is 0. The van der Waals surface area contributed by atoms with E-state index in [1.165, 1.54) is 11.3 Å². The Balaban J connectivity index is 2.22. The van der Waals surface area contributed by atoms with Crippen LogP contribution >= 0.6 is 11.3 Å². The quantitative estimate of drug-likeness (QED) is 0.806. The van der Waals surface area contributed by atoms with Crippen molar-refractivity contribution in [3.8, 4) is 0 Å². The molecule has 0 saturated carbocycles. The first kappa shape index (κ1) is 14.2. The maximum Gasteiger partial charge on any atom is 0.265 e. The first-order valence-corrected chi connectivity index (χ1v) is 6.93. The number of benzene rings is 1. The molecule has 2 aromatic rings. The van der Waals surface area contributed by atoms with E-state index in [1.807, 2.05) is 24.4 Å². The summed E-state index contributed by atoms with van der Waals surface area (Å²) in [6, 6.07) is 8.96. The van der Waals surface area contributed by atoms with Crippen LogP contribution in [0, 0.1) is 6.92 Å². The lowest BCUT2D eigenvalue weighted by molar-refractivity contribution is -0.114. The van der Waals surface area contributed by atoms with E-state index in [2.05, 4.69) is 10.6 Å². The smallest absolute Gasteiger partial charge is 0.265 e. The molecule has 0 aliphatic rings. The maximum atomic E-state index is 12.0. The minimum Gasteiger partial charge on any atom is -0.323 e. The standard InChI is InChI=1S/C14H15N3O2S/c1-9-4-5-10(11(7-9)16-13(18)8-15)17-14(19)12-3-2-6-20-12/h2-7H,8,15H2,1H3,(H,16,18)(H,17,19). The maximum absolute atomic E-state index is 12.0. The van der Waals surface area contributed by atoms with Gasteiger partial charge in [0.25, 0.3) is 5.91 Å². The number of rotatable bonds is 4. The molecule has 0 atom stereocenters. The molecule has 5 nitrogen and oxygen atoms in total. The monoisotopic (exact) mass is 289 g/mol. The summed E-state index contributed by atoms with van der Waals surface area (Å²) in [6.45, 7) is 1.80. The number of carbonyl (C=O) groups is 2. The third-order valence-corrected chi connectivity index (χ3v) is 3.50. The van der Waals surface area contributed by atoms with Gasteiger partial charge in [-0.1, -0.05) is 12.1 Å². The highest BCUT2D eigenvalue weighted by molar-refractivity contribution is 7.12. The number of amides is 2. The average molecular weight is 289 g/mol. The number of nitrogens with one attached hydrogen (secondary N) is 2. The summed E-state index contributed by atoms with van der Waals surface area (Å²) >= 11 is 1.36. The molecular formula is C14H15N3O2S. The van der Waals surface area contributed by atoms with Gasteiger partial charge in [-0.3, -0.25) is 9.59 Å². The Hall–Kier alpha value is -2.18. The summed E-state index contributed by atoms with van der Waals surface area (Å²) in [6.07, 6.45) is 0. The highest BCUT2D eigenvalue weighted by Gasteiger charge is 2.11. The van der Waals surface area contributed by atoms with E-state index in [0.717, 1.165) is 5.56 Å². The lowest BCUT2D eigenvalue weighted by Crippen LogP contribution is -2.23. The Bertz CT molecular complexity index is 623. The van der Waals surface area contributed by atoms with Crippen molar-refractivity contribution in [2.75, 3.05) is 17.2 Å². The molecule has 0 aliphatic heterocycles. The molecule has 1 heterocycles. The van der Waals surface area contributed by atoms with E-state index >= 15 is 0 Å². The van der Waals surface area contributed by atoms with Crippen LogP contribution in [0.15, 0.2) is 35.7 Å². The second kappa shape index (κ2) is 6.31. The summed E-state index contributed by atoms with van der Waals surface area (Å²) in [5.41, 5.74) is 7.37. The van der Waals surface area contributed by atoms with Crippen molar-refractivity contribution >= 4 is 34.5 Å². The number of hydrogen-bond acceptors (Lipinski definition) is 4. The molecule has 4 N–H and O–H groups in total. The molecular weight excluding hydrogens is 274 g/mol. The first-order chi connectivity index (χ1) is 9.60. The van der Waals surface area contributed by atoms with E-state index in [-0.39, 0.29) is 18.4 Å². The Kier molecular flexibility index (Phi) is 4.49. The summed E-state index contributed by atoms with van der Waals surface area (Å²) in [5.74, 6) is -0.505. The molecule has 1 aromatic carbocycles. The summed E-state index contributed by atoms with van der Waals surface area (Å²) in [5, 5.41) is 7.30. The number of thiophene rings is 1. The van der Waals surface area contributed by atoms with Gasteiger partial charge in [0.15, 0.2) is 0 Å². The van der Waals surface area contributed by atoms with E-state index < -0.39 is 0 Å². The van der Waals surface area contributed by atoms with Gasteiger partial charge in [0.1, 0.15) is 0 Å². The highest BCUT2D eigenvalue weighted by Crippen LogP contribution is 2.24. The molecule has 0 fully saturated rings. The van der Waals surface area contributed by atoms with Crippen LogP contribution in [0.5, 0.6) is 0 Å². The molecule has 20 heavy (non-hydrogen) atoms. The number of aryl methyl sites for hydroxylation is 1. The molecule has 0 radical (unpaired) electrons. The van der Waals surface area contributed by atoms with E-state index in [1.54, 1.807) is 18.2 Å². The topological polar surface area (TPSA) is 84.2 Å². The molecule has 6 heteroatoms. The molecule has 104 valence electrons. The fourth-order valence-corrected chi connectivity index (χ4v) is 2.28. The fourth-order valence-electron chi connectivity index (χ4n) is 1.66. The van der Waals surface area contributed by atoms with Gasteiger partial charge in [-0.2, -0.15) is 0 Å². The van der Waals surface area contributed by atoms with Crippen LogP contribution in [0.1, 0.15) is 15.2 Å². The van der Waals surface area contributed by atoms with Crippen LogP contribution in [0.25, 0.3) is 0 Å². The minimum absolute atomic E-state index is 0.105. The van der Waals surface area contributed by atoms with Crippen molar-refractivity contribution in [3.05, 3.63) is 46.2 Å². The molecule has 1 aromatic heterocycles. The zero-order chi connectivity index (χ0) is 14.5. The third kappa shape index (κ3) is 3.43. The van der Waals surface area contributed by atoms with Gasteiger partial charge < -0.3 is 16.4 Å². The van der Waals surface area contributed by atoms with Crippen LogP contribution < -0.4 is 16.4 Å². The van der Waals surface area contributed by atoms with Crippen molar-refractivity contribution in [2.45, 2.75) is 6.92 Å². The molecule has 0 spiro atoms. The number of anilines is 2. The van der Waals surface area contributed by atoms with Gasteiger partial charge in [0.2, 0.25) is 5.91 Å². The number of nitrogens with two attached hydrogens (primary N) is 1. The zero-order valence-electron chi connectivity index (χ0n) is 11.0. The van der Waals surface area contributed by atoms with Crippen molar-refractivity contribution in [1.82, 2.24) is 0 Å². The second-order valence-corrected chi connectivity index (χ2v) is 5.18. The van der Waals surface area contributed by atoms with E-state index in [4.69, 9.17) is 5.73 Å². The van der Waals surface area contributed by atoms with E-state index in [0.29, 0.717) is 16.3 Å². The van der Waals surface area contributed by atoms with Gasteiger partial charge in [-0.15, -0.1) is 11.3 Å². The average Bonchev–Trinajstić information content (AvgIpc) is 2.95. The summed E-state index contributed by atoms with van der Waals surface area (Å²) in [4.78, 5) is 24.1. The van der Waals surface area contributed by atoms with Gasteiger partial charge in [-0.05, 0) is 36.1 Å². The predicted molar refractivity (Wildman–Crippen MR) is 81.1 cm³/mol. The molecule has 0 saturated heterocycles. The zero-order valence-corrected chi connectivity index (χ0v) is 11.8. The lowest BCUT2D eigenvalue weighted by atomic mass is 10.2. The Labute approximate surface area is 120 Å². The minimum atomic E-state index is -0.303. The molecule has 0 bridgehead atoms. The summed E-state index contributed by atoms with van der Waals surface area (Å²) < 4.78 is 0. The molecule has 2 amide bonds. The Morgan fingerprint density at radius 2 is 2.00 bits per heavy atom. The number of carbonyl (C=O) groups excluding carboxylic acids is 2. The van der Waals surface area contributed by atoms with Gasteiger partial charge >= 0.3 is 0 Å². The van der Waals surface area contributed by atoms with Crippen molar-refractivity contribution in [2.24, 2.45) is 5.73 Å². The Morgan fingerprint density at radius 1 is 1.20 bits per heavy atom. The van der Waals surface area contributed by atoms with Crippen LogP contribution in [0.3, 0.4) is 0 Å². The fraction of sp³-hybridized carbons (Fsp3) is 0.143. The molecule has 0 aliphatic carbocycles. The van der Waals surface area contributed by atoms with Gasteiger partial charge in [0.05, 0.1) is 22.8 Å². The van der Waals surface area contributed by atoms with Crippen LogP contribution in [0.4, 0.5) is 11.4 Å². The van der Waals surface area contributed by atoms with Crippen LogP contribution in [-0.4, -0.2) is 18.4 Å². The van der Waals surface area contributed by atoms with Crippen molar-refractivity contribution in [1.29, 1.82) is 0 Å². The van der Waals surface area contributed by atoms with Gasteiger partial charge in [-0.25, -0.2) is 0 Å². The number of hydrogen-bond donors (Lipinski definition) is 3. The van der Waals surface area contributed by atoms with Crippen LogP contribution in [0.2, 0.25) is 0 Å². The Morgan fingerprint density at radius 3 is 2.65 bits per heavy atom. The SMILES string of the molecule is Cc1ccc(NC(=O)c2cccs2)c(NC(=O)CN)c1. The normalized spacial score (nSPS) is 10.1. The molecule has 2 rings (SSSR count). The first-order valence-electron chi connectivity index (χ1n) is 6.05. The lowest BCUT2D eigenvalue weighted by Gasteiger charge is -2.12. The van der Waals surface area contributed by atoms with Gasteiger partial charge in [0, 0.05) is 0 Å². The van der Waals surface area contributed by atoms with Crippen molar-refractivity contribution in [3.63, 3.8) is 0 Å². The van der Waals surface area contributed by atoms with Crippen LogP contribution in [-0.2, 0) is 4.79 Å². The largest absolute Gasteiger partial charge is 0.323 e.